The lowest BCUT2D eigenvalue weighted by atomic mass is 9.87. The molecular formula is C25H22ClF6N3O3. The Labute approximate surface area is 218 Å². The summed E-state index contributed by atoms with van der Waals surface area (Å²) in [6, 6.07) is 11.5. The quantitative estimate of drug-likeness (QED) is 0.343. The van der Waals surface area contributed by atoms with Crippen molar-refractivity contribution in [3.05, 3.63) is 53.6 Å². The number of fused-ring (bicyclic) bond motifs is 1. The van der Waals surface area contributed by atoms with Gasteiger partial charge in [-0.3, -0.25) is 19.3 Å². The highest BCUT2D eigenvalue weighted by molar-refractivity contribution is 6.30. The fourth-order valence-corrected chi connectivity index (χ4v) is 4.98. The van der Waals surface area contributed by atoms with Gasteiger partial charge in [0.2, 0.25) is 17.7 Å². The summed E-state index contributed by atoms with van der Waals surface area (Å²) in [6.45, 7) is -0.278. The largest absolute Gasteiger partial charge is 0.389 e. The molecule has 0 unspecified atom stereocenters. The molecule has 0 bridgehead atoms. The maximum absolute atomic E-state index is 13.3. The SMILES string of the molecule is O=C1Nc2ccccc2N(c2ccc(Cl)cc2)C[C@@H]1N1C(=O)[C@@H](CCC(F)(F)F)[C@@H](CCC(F)(F)F)C1=O. The van der Waals surface area contributed by atoms with Crippen LogP contribution in [0, 0.1) is 11.8 Å². The van der Waals surface area contributed by atoms with Gasteiger partial charge in [-0.1, -0.05) is 23.7 Å². The average molecular weight is 562 g/mol. The summed E-state index contributed by atoms with van der Waals surface area (Å²) in [7, 11) is 0. The number of alkyl halides is 6. The van der Waals surface area contributed by atoms with E-state index in [4.69, 9.17) is 11.6 Å². The molecule has 0 radical (unpaired) electrons. The topological polar surface area (TPSA) is 69.7 Å². The number of nitrogens with zero attached hydrogens (tertiary/aromatic N) is 2. The Bertz CT molecular complexity index is 1180. The summed E-state index contributed by atoms with van der Waals surface area (Å²) in [5, 5.41) is 3.05. The summed E-state index contributed by atoms with van der Waals surface area (Å²) in [6.07, 6.45) is -14.0. The van der Waals surface area contributed by atoms with Gasteiger partial charge in [0.15, 0.2) is 0 Å². The van der Waals surface area contributed by atoms with Gasteiger partial charge in [-0.2, -0.15) is 26.3 Å². The molecule has 2 aliphatic rings. The molecule has 38 heavy (non-hydrogen) atoms. The smallest absolute Gasteiger partial charge is 0.337 e. The second kappa shape index (κ2) is 10.5. The lowest BCUT2D eigenvalue weighted by Gasteiger charge is -2.30. The number of carbonyl (C=O) groups excluding carboxylic acids is 3. The minimum atomic E-state index is -4.68. The van der Waals surface area contributed by atoms with Gasteiger partial charge in [-0.25, -0.2) is 0 Å². The van der Waals surface area contributed by atoms with Crippen LogP contribution in [0.1, 0.15) is 25.7 Å². The molecule has 0 aromatic heterocycles. The standard InChI is InChI=1S/C25H22ClF6N3O3/c26-14-5-7-15(8-6-14)34-13-20(21(36)33-18-3-1-2-4-19(18)34)35-22(37)16(9-11-24(27,28)29)17(23(35)38)10-12-25(30,31)32/h1-8,16-17,20H,9-13H2,(H,33,36)/t16-,17+,20-/m0/s1. The van der Waals surface area contributed by atoms with Crippen molar-refractivity contribution in [2.24, 2.45) is 11.8 Å². The van der Waals surface area contributed by atoms with Crippen LogP contribution in [0.15, 0.2) is 48.5 Å². The molecule has 0 spiro atoms. The maximum atomic E-state index is 13.3. The van der Waals surface area contributed by atoms with Gasteiger partial charge in [0.1, 0.15) is 6.04 Å². The third kappa shape index (κ3) is 6.06. The summed E-state index contributed by atoms with van der Waals surface area (Å²) in [5.74, 6) is -6.23. The molecule has 204 valence electrons. The Hall–Kier alpha value is -3.28. The average Bonchev–Trinajstić information content (AvgIpc) is 2.96. The molecule has 3 atom stereocenters. The van der Waals surface area contributed by atoms with Crippen LogP contribution in [0.3, 0.4) is 0 Å². The molecule has 1 fully saturated rings. The number of anilines is 3. The Balaban J connectivity index is 1.70. The molecule has 1 N–H and O–H groups in total. The molecule has 4 rings (SSSR count). The van der Waals surface area contributed by atoms with E-state index >= 15 is 0 Å². The van der Waals surface area contributed by atoms with Crippen molar-refractivity contribution < 1.29 is 40.7 Å². The number of amides is 3. The number of benzene rings is 2. The van der Waals surface area contributed by atoms with Gasteiger partial charge >= 0.3 is 12.4 Å². The first-order chi connectivity index (χ1) is 17.7. The third-order valence-corrected chi connectivity index (χ3v) is 6.89. The summed E-state index contributed by atoms with van der Waals surface area (Å²) in [4.78, 5) is 42.1. The Morgan fingerprint density at radius 3 is 1.87 bits per heavy atom. The number of imide groups is 1. The first kappa shape index (κ1) is 27.7. The van der Waals surface area contributed by atoms with Crippen LogP contribution >= 0.6 is 11.6 Å². The molecule has 2 heterocycles. The van der Waals surface area contributed by atoms with E-state index < -0.39 is 73.6 Å². The Morgan fingerprint density at radius 1 is 0.816 bits per heavy atom. The highest BCUT2D eigenvalue weighted by Crippen LogP contribution is 2.41. The van der Waals surface area contributed by atoms with Crippen LogP contribution in [0.4, 0.5) is 43.4 Å². The molecule has 1 saturated heterocycles. The van der Waals surface area contributed by atoms with Crippen molar-refractivity contribution in [1.82, 2.24) is 4.90 Å². The zero-order valence-corrected chi connectivity index (χ0v) is 20.4. The summed E-state index contributed by atoms with van der Waals surface area (Å²) >= 11 is 5.99. The van der Waals surface area contributed by atoms with Gasteiger partial charge in [-0.15, -0.1) is 0 Å². The monoisotopic (exact) mass is 561 g/mol. The van der Waals surface area contributed by atoms with Crippen molar-refractivity contribution >= 4 is 46.4 Å². The van der Waals surface area contributed by atoms with E-state index in [1.54, 1.807) is 53.4 Å². The van der Waals surface area contributed by atoms with Crippen LogP contribution in [-0.4, -0.2) is 47.6 Å². The first-order valence-electron chi connectivity index (χ1n) is 11.7. The van der Waals surface area contributed by atoms with E-state index in [1.807, 2.05) is 0 Å². The first-order valence-corrected chi connectivity index (χ1v) is 12.1. The third-order valence-electron chi connectivity index (χ3n) is 6.63. The minimum absolute atomic E-state index is 0.278. The zero-order chi connectivity index (χ0) is 27.8. The summed E-state index contributed by atoms with van der Waals surface area (Å²) < 4.78 is 77.7. The van der Waals surface area contributed by atoms with Crippen molar-refractivity contribution in [3.8, 4) is 0 Å². The number of para-hydroxylation sites is 2. The number of hydrogen-bond donors (Lipinski definition) is 1. The molecule has 13 heteroatoms. The number of rotatable bonds is 6. The van der Waals surface area contributed by atoms with Crippen LogP contribution in [-0.2, 0) is 14.4 Å². The number of carbonyl (C=O) groups is 3. The van der Waals surface area contributed by atoms with E-state index in [9.17, 15) is 40.7 Å². The zero-order valence-electron chi connectivity index (χ0n) is 19.7. The van der Waals surface area contributed by atoms with Crippen LogP contribution in [0.2, 0.25) is 5.02 Å². The van der Waals surface area contributed by atoms with Crippen LogP contribution < -0.4 is 10.2 Å². The maximum Gasteiger partial charge on any atom is 0.389 e. The van der Waals surface area contributed by atoms with Gasteiger partial charge in [-0.05, 0) is 49.2 Å². The molecule has 2 aromatic rings. The van der Waals surface area contributed by atoms with Crippen molar-refractivity contribution in [2.75, 3.05) is 16.8 Å². The van der Waals surface area contributed by atoms with E-state index in [2.05, 4.69) is 5.32 Å². The minimum Gasteiger partial charge on any atom is -0.337 e. The predicted molar refractivity (Wildman–Crippen MR) is 127 cm³/mol. The van der Waals surface area contributed by atoms with Gasteiger partial charge in [0.05, 0.1) is 29.8 Å². The van der Waals surface area contributed by atoms with Gasteiger partial charge < -0.3 is 10.2 Å². The molecule has 0 saturated carbocycles. The highest BCUT2D eigenvalue weighted by atomic mass is 35.5. The second-order valence-corrected chi connectivity index (χ2v) is 9.61. The Morgan fingerprint density at radius 2 is 1.34 bits per heavy atom. The van der Waals surface area contributed by atoms with Crippen molar-refractivity contribution in [1.29, 1.82) is 0 Å². The highest BCUT2D eigenvalue weighted by Gasteiger charge is 2.53. The van der Waals surface area contributed by atoms with E-state index in [1.165, 1.54) is 0 Å². The molecule has 6 nitrogen and oxygen atoms in total. The van der Waals surface area contributed by atoms with E-state index in [0.717, 1.165) is 0 Å². The van der Waals surface area contributed by atoms with Crippen molar-refractivity contribution in [2.45, 2.75) is 44.1 Å². The molecule has 2 aliphatic heterocycles. The number of hydrogen-bond acceptors (Lipinski definition) is 4. The van der Waals surface area contributed by atoms with Crippen LogP contribution in [0.25, 0.3) is 0 Å². The van der Waals surface area contributed by atoms with Gasteiger partial charge in [0.25, 0.3) is 0 Å². The molecule has 3 amide bonds. The molecule has 0 aliphatic carbocycles. The number of likely N-dealkylation sites (tertiary alicyclic amines) is 1. The lowest BCUT2D eigenvalue weighted by molar-refractivity contribution is -0.147. The van der Waals surface area contributed by atoms with Crippen molar-refractivity contribution in [3.63, 3.8) is 0 Å². The normalized spacial score (nSPS) is 22.4. The molecular weight excluding hydrogens is 540 g/mol. The lowest BCUT2D eigenvalue weighted by Crippen LogP contribution is -2.51. The van der Waals surface area contributed by atoms with Gasteiger partial charge in [0, 0.05) is 23.6 Å². The second-order valence-electron chi connectivity index (χ2n) is 9.18. The fraction of sp³-hybridized carbons (Fsp3) is 0.400. The number of halogens is 7. The molecule has 2 aromatic carbocycles. The summed E-state index contributed by atoms with van der Waals surface area (Å²) in [5.41, 5.74) is 1.38. The Kier molecular flexibility index (Phi) is 7.64. The van der Waals surface area contributed by atoms with E-state index in [-0.39, 0.29) is 6.54 Å². The fourth-order valence-electron chi connectivity index (χ4n) is 4.85. The predicted octanol–water partition coefficient (Wildman–Crippen LogP) is 6.09. The van der Waals surface area contributed by atoms with E-state index in [0.29, 0.717) is 27.0 Å². The number of nitrogens with one attached hydrogen (secondary N) is 1. The van der Waals surface area contributed by atoms with Crippen LogP contribution in [0.5, 0.6) is 0 Å².